The predicted octanol–water partition coefficient (Wildman–Crippen LogP) is 10.5. The van der Waals surface area contributed by atoms with Crippen molar-refractivity contribution >= 4 is 11.8 Å². The maximum atomic E-state index is 13.3. The number of amides is 2. The van der Waals surface area contributed by atoms with E-state index in [9.17, 15) is 9.59 Å². The van der Waals surface area contributed by atoms with Gasteiger partial charge in [-0.3, -0.25) is 9.59 Å². The summed E-state index contributed by atoms with van der Waals surface area (Å²) < 4.78 is 6.91. The van der Waals surface area contributed by atoms with Crippen LogP contribution in [0.3, 0.4) is 0 Å². The third-order valence-corrected chi connectivity index (χ3v) is 9.03. The quantitative estimate of drug-likeness (QED) is 0.0775. The zero-order valence-corrected chi connectivity index (χ0v) is 28.2. The average Bonchev–Trinajstić information content (AvgIpc) is 2.95. The summed E-state index contributed by atoms with van der Waals surface area (Å²) in [5.41, 5.74) is 10.2. The minimum Gasteiger partial charge on any atom is -0.367 e. The number of carbonyl (C=O) groups excluding carboxylic acids is 2. The summed E-state index contributed by atoms with van der Waals surface area (Å²) >= 11 is 0. The SMILES string of the molecule is CCCCCCCCC(CCCCCCCC)(OC(CCCCCCCC)(CCCCCCCC)C(N)=O)C(N)=O. The Morgan fingerprint density at radius 1 is 0.390 bits per heavy atom. The standard InChI is InChI=1S/C36H72N2O3/c1-5-9-13-17-21-25-29-35(33(37)39,30-26-22-18-14-10-6-2)41-36(34(38)40,31-27-23-19-15-11-7-3)32-28-24-20-16-12-8-4/h5-32H2,1-4H3,(H2,37,39)(H2,38,40). The monoisotopic (exact) mass is 581 g/mol. The molecule has 2 amide bonds. The average molecular weight is 581 g/mol. The summed E-state index contributed by atoms with van der Waals surface area (Å²) in [4.78, 5) is 26.6. The molecular weight excluding hydrogens is 508 g/mol. The molecule has 5 heteroatoms. The number of hydrogen-bond acceptors (Lipinski definition) is 3. The molecule has 0 aliphatic carbocycles. The number of unbranched alkanes of at least 4 members (excludes halogenated alkanes) is 20. The van der Waals surface area contributed by atoms with E-state index in [0.717, 1.165) is 77.0 Å². The van der Waals surface area contributed by atoms with Crippen molar-refractivity contribution in [3.8, 4) is 0 Å². The van der Waals surface area contributed by atoms with Crippen LogP contribution >= 0.6 is 0 Å². The van der Waals surface area contributed by atoms with Gasteiger partial charge in [-0.15, -0.1) is 0 Å². The topological polar surface area (TPSA) is 95.4 Å². The Morgan fingerprint density at radius 2 is 0.585 bits per heavy atom. The van der Waals surface area contributed by atoms with Gasteiger partial charge in [-0.1, -0.05) is 182 Å². The van der Waals surface area contributed by atoms with E-state index in [4.69, 9.17) is 16.2 Å². The van der Waals surface area contributed by atoms with Gasteiger partial charge in [0.05, 0.1) is 0 Å². The van der Waals surface area contributed by atoms with Gasteiger partial charge >= 0.3 is 0 Å². The highest BCUT2D eigenvalue weighted by atomic mass is 16.5. The molecule has 0 aliphatic rings. The van der Waals surface area contributed by atoms with Gasteiger partial charge < -0.3 is 16.2 Å². The molecule has 0 aromatic carbocycles. The Morgan fingerprint density at radius 3 is 0.780 bits per heavy atom. The van der Waals surface area contributed by atoms with Crippen molar-refractivity contribution < 1.29 is 14.3 Å². The van der Waals surface area contributed by atoms with E-state index in [1.54, 1.807) is 0 Å². The lowest BCUT2D eigenvalue weighted by Gasteiger charge is -2.41. The second kappa shape index (κ2) is 26.5. The molecule has 0 saturated heterocycles. The Balaban J connectivity index is 5.81. The number of carbonyl (C=O) groups is 2. The zero-order valence-electron chi connectivity index (χ0n) is 28.2. The van der Waals surface area contributed by atoms with Crippen molar-refractivity contribution in [1.82, 2.24) is 0 Å². The molecule has 0 rings (SSSR count). The molecular formula is C36H72N2O3. The third-order valence-electron chi connectivity index (χ3n) is 9.03. The van der Waals surface area contributed by atoms with E-state index < -0.39 is 23.0 Å². The van der Waals surface area contributed by atoms with Gasteiger partial charge in [-0.2, -0.15) is 0 Å². The first-order valence-electron chi connectivity index (χ1n) is 18.1. The van der Waals surface area contributed by atoms with E-state index in [2.05, 4.69) is 27.7 Å². The molecule has 0 aliphatic heterocycles. The summed E-state index contributed by atoms with van der Waals surface area (Å²) in [7, 11) is 0. The zero-order chi connectivity index (χ0) is 30.7. The van der Waals surface area contributed by atoms with Gasteiger partial charge in [0.2, 0.25) is 11.8 Å². The minimum absolute atomic E-state index is 0.406. The minimum atomic E-state index is -1.12. The van der Waals surface area contributed by atoms with Crippen LogP contribution < -0.4 is 11.5 Å². The largest absolute Gasteiger partial charge is 0.367 e. The fraction of sp³-hybridized carbons (Fsp3) is 0.944. The fourth-order valence-corrected chi connectivity index (χ4v) is 6.19. The van der Waals surface area contributed by atoms with Crippen molar-refractivity contribution in [1.29, 1.82) is 0 Å². The lowest BCUT2D eigenvalue weighted by molar-refractivity contribution is -0.189. The lowest BCUT2D eigenvalue weighted by atomic mass is 9.83. The maximum Gasteiger partial charge on any atom is 0.249 e. The van der Waals surface area contributed by atoms with Gasteiger partial charge in [0.15, 0.2) is 0 Å². The van der Waals surface area contributed by atoms with E-state index in [1.165, 1.54) is 77.0 Å². The van der Waals surface area contributed by atoms with E-state index in [-0.39, 0.29) is 0 Å². The number of rotatable bonds is 32. The fourth-order valence-electron chi connectivity index (χ4n) is 6.19. The lowest BCUT2D eigenvalue weighted by Crippen LogP contribution is -2.57. The molecule has 0 unspecified atom stereocenters. The van der Waals surface area contributed by atoms with E-state index in [0.29, 0.717) is 25.7 Å². The first kappa shape index (κ1) is 39.9. The molecule has 5 nitrogen and oxygen atoms in total. The van der Waals surface area contributed by atoms with Crippen LogP contribution in [0.1, 0.15) is 207 Å². The molecule has 244 valence electrons. The number of hydrogen-bond donors (Lipinski definition) is 2. The number of primary amides is 2. The molecule has 0 fully saturated rings. The van der Waals surface area contributed by atoms with Crippen LogP contribution in [0.15, 0.2) is 0 Å². The van der Waals surface area contributed by atoms with Crippen molar-refractivity contribution in [3.63, 3.8) is 0 Å². The second-order valence-corrected chi connectivity index (χ2v) is 12.9. The Kier molecular flexibility index (Phi) is 25.8. The predicted molar refractivity (Wildman–Crippen MR) is 177 cm³/mol. The smallest absolute Gasteiger partial charge is 0.249 e. The summed E-state index contributed by atoms with van der Waals surface area (Å²) in [5.74, 6) is -0.813. The highest BCUT2D eigenvalue weighted by Crippen LogP contribution is 2.37. The summed E-state index contributed by atoms with van der Waals surface area (Å²) in [5, 5.41) is 0. The van der Waals surface area contributed by atoms with Crippen LogP contribution in [0, 0.1) is 0 Å². The van der Waals surface area contributed by atoms with Crippen LogP contribution in [0.5, 0.6) is 0 Å². The summed E-state index contributed by atoms with van der Waals surface area (Å²) in [6.45, 7) is 8.90. The van der Waals surface area contributed by atoms with Crippen LogP contribution in [0.25, 0.3) is 0 Å². The van der Waals surface area contributed by atoms with Crippen LogP contribution in [0.2, 0.25) is 0 Å². The second-order valence-electron chi connectivity index (χ2n) is 12.9. The van der Waals surface area contributed by atoms with Gasteiger partial charge in [0.1, 0.15) is 11.2 Å². The highest BCUT2D eigenvalue weighted by molar-refractivity contribution is 5.86. The number of nitrogens with two attached hydrogens (primary N) is 2. The molecule has 0 aromatic heterocycles. The first-order valence-corrected chi connectivity index (χ1v) is 18.1. The molecule has 0 atom stereocenters. The number of ether oxygens (including phenoxy) is 1. The Hall–Kier alpha value is -1.10. The molecule has 0 saturated carbocycles. The van der Waals surface area contributed by atoms with Gasteiger partial charge in [-0.25, -0.2) is 0 Å². The van der Waals surface area contributed by atoms with Gasteiger partial charge in [0, 0.05) is 0 Å². The van der Waals surface area contributed by atoms with Crippen LogP contribution in [0.4, 0.5) is 0 Å². The van der Waals surface area contributed by atoms with E-state index >= 15 is 0 Å². The van der Waals surface area contributed by atoms with Gasteiger partial charge in [-0.05, 0) is 25.7 Å². The van der Waals surface area contributed by atoms with Crippen LogP contribution in [-0.2, 0) is 14.3 Å². The van der Waals surface area contributed by atoms with Crippen molar-refractivity contribution in [2.75, 3.05) is 0 Å². The molecule has 0 radical (unpaired) electrons. The molecule has 0 aromatic rings. The van der Waals surface area contributed by atoms with Crippen molar-refractivity contribution in [3.05, 3.63) is 0 Å². The Bertz CT molecular complexity index is 538. The first-order chi connectivity index (χ1) is 19.8. The summed E-state index contributed by atoms with van der Waals surface area (Å²) in [6, 6.07) is 0. The highest BCUT2D eigenvalue weighted by Gasteiger charge is 2.48. The van der Waals surface area contributed by atoms with Crippen LogP contribution in [-0.4, -0.2) is 23.0 Å². The molecule has 0 spiro atoms. The molecule has 0 bridgehead atoms. The van der Waals surface area contributed by atoms with Crippen molar-refractivity contribution in [2.24, 2.45) is 11.5 Å². The van der Waals surface area contributed by atoms with Crippen molar-refractivity contribution in [2.45, 2.75) is 219 Å². The van der Waals surface area contributed by atoms with Gasteiger partial charge in [0.25, 0.3) is 0 Å². The summed E-state index contributed by atoms with van der Waals surface area (Å²) in [6.07, 6.45) is 29.6. The van der Waals surface area contributed by atoms with E-state index in [1.807, 2.05) is 0 Å². The molecule has 41 heavy (non-hydrogen) atoms. The normalized spacial score (nSPS) is 12.2. The molecule has 0 heterocycles. The molecule has 4 N–H and O–H groups in total. The maximum absolute atomic E-state index is 13.3. The Labute approximate surface area is 256 Å². The third kappa shape index (κ3) is 18.9.